The van der Waals surface area contributed by atoms with E-state index in [0.29, 0.717) is 24.9 Å². The Morgan fingerprint density at radius 1 is 1.12 bits per heavy atom. The van der Waals surface area contributed by atoms with Crippen molar-refractivity contribution in [2.75, 3.05) is 11.4 Å². The third-order valence-corrected chi connectivity index (χ3v) is 4.14. The van der Waals surface area contributed by atoms with Crippen molar-refractivity contribution in [2.24, 2.45) is 5.73 Å². The number of carbonyl (C=O) groups excluding carboxylic acids is 3. The maximum Gasteiger partial charge on any atom is 0.343 e. The van der Waals surface area contributed by atoms with Gasteiger partial charge in [0.25, 0.3) is 0 Å². The summed E-state index contributed by atoms with van der Waals surface area (Å²) in [7, 11) is 0. The number of esters is 1. The second-order valence-corrected chi connectivity index (χ2v) is 5.77. The third kappa shape index (κ3) is 3.38. The minimum Gasteiger partial charge on any atom is -0.423 e. The minimum atomic E-state index is -0.587. The molecule has 0 atom stereocenters. The summed E-state index contributed by atoms with van der Waals surface area (Å²) in [5, 5.41) is 0. The highest BCUT2D eigenvalue weighted by atomic mass is 16.5. The molecule has 3 rings (SSSR count). The summed E-state index contributed by atoms with van der Waals surface area (Å²) in [6.45, 7) is 2.45. The summed E-state index contributed by atoms with van der Waals surface area (Å²) in [6.07, 6.45) is 1.15. The molecule has 0 saturated carbocycles. The van der Waals surface area contributed by atoms with Crippen LogP contribution in [0.25, 0.3) is 0 Å². The van der Waals surface area contributed by atoms with Gasteiger partial charge in [0.1, 0.15) is 5.75 Å². The maximum absolute atomic E-state index is 12.3. The van der Waals surface area contributed by atoms with Gasteiger partial charge in [-0.25, -0.2) is 4.79 Å². The minimum absolute atomic E-state index is 0.0670. The molecule has 2 amide bonds. The Morgan fingerprint density at radius 2 is 1.92 bits per heavy atom. The van der Waals surface area contributed by atoms with E-state index < -0.39 is 11.9 Å². The van der Waals surface area contributed by atoms with Crippen molar-refractivity contribution >= 4 is 23.5 Å². The summed E-state index contributed by atoms with van der Waals surface area (Å²) in [5.74, 6) is -0.789. The van der Waals surface area contributed by atoms with Gasteiger partial charge in [-0.1, -0.05) is 13.0 Å². The molecule has 25 heavy (non-hydrogen) atoms. The lowest BCUT2D eigenvalue weighted by atomic mass is 10.1. The predicted octanol–water partition coefficient (Wildman–Crippen LogP) is 2.30. The van der Waals surface area contributed by atoms with Gasteiger partial charge in [-0.15, -0.1) is 0 Å². The zero-order chi connectivity index (χ0) is 18.0. The van der Waals surface area contributed by atoms with E-state index in [1.165, 1.54) is 6.07 Å². The Bertz CT molecular complexity index is 860. The van der Waals surface area contributed by atoms with Gasteiger partial charge in [0, 0.05) is 24.2 Å². The molecular weight excluding hydrogens is 320 g/mol. The Labute approximate surface area is 145 Å². The second-order valence-electron chi connectivity index (χ2n) is 5.77. The van der Waals surface area contributed by atoms with Crippen LogP contribution in [0.15, 0.2) is 42.5 Å². The molecule has 2 aromatic rings. The van der Waals surface area contributed by atoms with Crippen molar-refractivity contribution in [1.29, 1.82) is 0 Å². The molecule has 6 nitrogen and oxygen atoms in total. The van der Waals surface area contributed by atoms with Crippen LogP contribution >= 0.6 is 0 Å². The summed E-state index contributed by atoms with van der Waals surface area (Å²) in [5.41, 5.74) is 7.68. The first-order valence-corrected chi connectivity index (χ1v) is 8.05. The number of rotatable bonds is 4. The number of benzene rings is 2. The molecule has 1 heterocycles. The first kappa shape index (κ1) is 16.7. The lowest BCUT2D eigenvalue weighted by Crippen LogP contribution is -2.27. The number of primary amides is 1. The number of hydrogen-bond acceptors (Lipinski definition) is 4. The largest absolute Gasteiger partial charge is 0.423 e. The average molecular weight is 338 g/mol. The molecule has 0 saturated heterocycles. The van der Waals surface area contributed by atoms with Gasteiger partial charge in [-0.2, -0.15) is 0 Å². The standard InChI is InChI=1S/C19H18N2O4/c1-2-17(22)21-9-8-12-10-14(6-7-16(12)21)19(24)25-15-5-3-4-13(11-15)18(20)23/h3-7,10-11H,2,8-9H2,1H3,(H2,20,23). The smallest absolute Gasteiger partial charge is 0.343 e. The van der Waals surface area contributed by atoms with Crippen molar-refractivity contribution < 1.29 is 19.1 Å². The van der Waals surface area contributed by atoms with Crippen LogP contribution < -0.4 is 15.4 Å². The van der Waals surface area contributed by atoms with Gasteiger partial charge >= 0.3 is 5.97 Å². The van der Waals surface area contributed by atoms with E-state index in [2.05, 4.69) is 0 Å². The van der Waals surface area contributed by atoms with Gasteiger partial charge in [0.05, 0.1) is 5.56 Å². The molecule has 1 aliphatic rings. The van der Waals surface area contributed by atoms with E-state index >= 15 is 0 Å². The molecule has 2 aromatic carbocycles. The van der Waals surface area contributed by atoms with E-state index in [0.717, 1.165) is 11.3 Å². The van der Waals surface area contributed by atoms with Crippen molar-refractivity contribution in [3.8, 4) is 5.75 Å². The highest BCUT2D eigenvalue weighted by molar-refractivity contribution is 5.97. The molecule has 0 fully saturated rings. The van der Waals surface area contributed by atoms with Crippen LogP contribution in [0.5, 0.6) is 5.75 Å². The Hall–Kier alpha value is -3.15. The molecule has 0 bridgehead atoms. The van der Waals surface area contributed by atoms with E-state index in [-0.39, 0.29) is 17.2 Å². The maximum atomic E-state index is 12.3. The fourth-order valence-corrected chi connectivity index (χ4v) is 2.86. The zero-order valence-electron chi connectivity index (χ0n) is 13.8. The predicted molar refractivity (Wildman–Crippen MR) is 92.7 cm³/mol. The first-order valence-electron chi connectivity index (χ1n) is 8.05. The third-order valence-electron chi connectivity index (χ3n) is 4.14. The second kappa shape index (κ2) is 6.76. The molecule has 0 radical (unpaired) electrons. The van der Waals surface area contributed by atoms with E-state index in [9.17, 15) is 14.4 Å². The molecule has 0 aromatic heterocycles. The lowest BCUT2D eigenvalue weighted by molar-refractivity contribution is -0.118. The normalized spacial score (nSPS) is 12.6. The van der Waals surface area contributed by atoms with Crippen LogP contribution in [0, 0.1) is 0 Å². The molecule has 1 aliphatic heterocycles. The number of fused-ring (bicyclic) bond motifs is 1. The molecule has 6 heteroatoms. The summed E-state index contributed by atoms with van der Waals surface area (Å²) in [6, 6.07) is 11.3. The van der Waals surface area contributed by atoms with Gasteiger partial charge < -0.3 is 15.4 Å². The Morgan fingerprint density at radius 3 is 2.64 bits per heavy atom. The van der Waals surface area contributed by atoms with Crippen molar-refractivity contribution in [3.63, 3.8) is 0 Å². The van der Waals surface area contributed by atoms with Crippen molar-refractivity contribution in [2.45, 2.75) is 19.8 Å². The molecule has 0 aliphatic carbocycles. The van der Waals surface area contributed by atoms with Crippen molar-refractivity contribution in [1.82, 2.24) is 0 Å². The van der Waals surface area contributed by atoms with E-state index in [1.54, 1.807) is 41.3 Å². The van der Waals surface area contributed by atoms with Crippen LogP contribution in [0.2, 0.25) is 0 Å². The average Bonchev–Trinajstić information content (AvgIpc) is 3.04. The number of amides is 2. The molecular formula is C19H18N2O4. The lowest BCUT2D eigenvalue weighted by Gasteiger charge is -2.16. The monoisotopic (exact) mass is 338 g/mol. The van der Waals surface area contributed by atoms with Crippen LogP contribution in [0.3, 0.4) is 0 Å². The summed E-state index contributed by atoms with van der Waals surface area (Å²) < 4.78 is 5.32. The highest BCUT2D eigenvalue weighted by Crippen LogP contribution is 2.29. The number of anilines is 1. The van der Waals surface area contributed by atoms with E-state index in [1.807, 2.05) is 6.92 Å². The quantitative estimate of drug-likeness (QED) is 0.684. The van der Waals surface area contributed by atoms with Crippen molar-refractivity contribution in [3.05, 3.63) is 59.2 Å². The zero-order valence-corrected chi connectivity index (χ0v) is 13.8. The molecule has 2 N–H and O–H groups in total. The molecule has 0 spiro atoms. The number of nitrogens with two attached hydrogens (primary N) is 1. The van der Waals surface area contributed by atoms with Crippen LogP contribution in [-0.4, -0.2) is 24.3 Å². The Kier molecular flexibility index (Phi) is 4.52. The number of ether oxygens (including phenoxy) is 1. The van der Waals surface area contributed by atoms with Gasteiger partial charge in [0.15, 0.2) is 0 Å². The fraction of sp³-hybridized carbons (Fsp3) is 0.211. The summed E-state index contributed by atoms with van der Waals surface area (Å²) >= 11 is 0. The first-order chi connectivity index (χ1) is 12.0. The molecule has 128 valence electrons. The summed E-state index contributed by atoms with van der Waals surface area (Å²) in [4.78, 5) is 37.2. The van der Waals surface area contributed by atoms with Crippen LogP contribution in [0.1, 0.15) is 39.6 Å². The van der Waals surface area contributed by atoms with Gasteiger partial charge in [-0.05, 0) is 48.4 Å². The number of nitrogens with zero attached hydrogens (tertiary/aromatic N) is 1. The number of carbonyl (C=O) groups is 3. The Balaban J connectivity index is 1.79. The SMILES string of the molecule is CCC(=O)N1CCc2cc(C(=O)Oc3cccc(C(N)=O)c3)ccc21. The number of hydrogen-bond donors (Lipinski definition) is 1. The van der Waals surface area contributed by atoms with Gasteiger partial charge in [0.2, 0.25) is 11.8 Å². The van der Waals surface area contributed by atoms with E-state index in [4.69, 9.17) is 10.5 Å². The molecule has 0 unspecified atom stereocenters. The van der Waals surface area contributed by atoms with Crippen LogP contribution in [-0.2, 0) is 11.2 Å². The van der Waals surface area contributed by atoms with Crippen LogP contribution in [0.4, 0.5) is 5.69 Å². The fourth-order valence-electron chi connectivity index (χ4n) is 2.86. The highest BCUT2D eigenvalue weighted by Gasteiger charge is 2.24. The topological polar surface area (TPSA) is 89.7 Å². The van der Waals surface area contributed by atoms with Gasteiger partial charge in [-0.3, -0.25) is 9.59 Å².